The first-order valence-corrected chi connectivity index (χ1v) is 5.29. The molecular formula is C9H15NOS. The van der Waals surface area contributed by atoms with Gasteiger partial charge in [-0.2, -0.15) is 0 Å². The van der Waals surface area contributed by atoms with Crippen molar-refractivity contribution in [1.82, 2.24) is 4.98 Å². The van der Waals surface area contributed by atoms with Gasteiger partial charge in [0.1, 0.15) is 0 Å². The van der Waals surface area contributed by atoms with Gasteiger partial charge < -0.3 is 5.11 Å². The van der Waals surface area contributed by atoms with Crippen LogP contribution in [0.1, 0.15) is 30.5 Å². The number of aliphatic hydroxyl groups is 1. The zero-order chi connectivity index (χ0) is 8.81. The van der Waals surface area contributed by atoms with E-state index in [0.29, 0.717) is 0 Å². The number of aromatic nitrogens is 1. The van der Waals surface area contributed by atoms with Gasteiger partial charge in [-0.25, -0.2) is 4.98 Å². The highest BCUT2D eigenvalue weighted by Gasteiger charge is 1.99. The molecule has 0 atom stereocenters. The predicted octanol–water partition coefficient (Wildman–Crippen LogP) is 2.02. The van der Waals surface area contributed by atoms with Crippen molar-refractivity contribution in [3.05, 3.63) is 16.1 Å². The summed E-state index contributed by atoms with van der Waals surface area (Å²) in [6.45, 7) is 2.43. The Morgan fingerprint density at radius 1 is 1.50 bits per heavy atom. The average molecular weight is 185 g/mol. The van der Waals surface area contributed by atoms with Crippen molar-refractivity contribution in [3.63, 3.8) is 0 Å². The van der Waals surface area contributed by atoms with Gasteiger partial charge in [-0.15, -0.1) is 11.3 Å². The largest absolute Gasteiger partial charge is 0.396 e. The lowest BCUT2D eigenvalue weighted by atomic mass is 10.3. The quantitative estimate of drug-likeness (QED) is 0.761. The van der Waals surface area contributed by atoms with Crippen LogP contribution in [0.3, 0.4) is 0 Å². The van der Waals surface area contributed by atoms with E-state index in [1.165, 1.54) is 5.01 Å². The smallest absolute Gasteiger partial charge is 0.0928 e. The van der Waals surface area contributed by atoms with Crippen LogP contribution in [-0.4, -0.2) is 16.7 Å². The molecule has 1 heterocycles. The average Bonchev–Trinajstić information content (AvgIpc) is 2.50. The zero-order valence-corrected chi connectivity index (χ0v) is 8.23. The maximum atomic E-state index is 8.61. The summed E-state index contributed by atoms with van der Waals surface area (Å²) >= 11 is 1.73. The van der Waals surface area contributed by atoms with Crippen LogP contribution in [0.5, 0.6) is 0 Å². The number of thiazole rings is 1. The minimum absolute atomic E-state index is 0.265. The number of nitrogens with zero attached hydrogens (tertiary/aromatic N) is 1. The first-order chi connectivity index (χ1) is 5.86. The topological polar surface area (TPSA) is 33.1 Å². The molecule has 0 saturated carbocycles. The highest BCUT2D eigenvalue weighted by atomic mass is 32.1. The molecule has 0 aromatic carbocycles. The van der Waals surface area contributed by atoms with E-state index < -0.39 is 0 Å². The molecule has 0 radical (unpaired) electrons. The van der Waals surface area contributed by atoms with E-state index in [4.69, 9.17) is 5.11 Å². The molecule has 2 nitrogen and oxygen atoms in total. The van der Waals surface area contributed by atoms with Crippen LogP contribution in [0, 0.1) is 0 Å². The highest BCUT2D eigenvalue weighted by Crippen LogP contribution is 2.12. The van der Waals surface area contributed by atoms with Crippen molar-refractivity contribution in [1.29, 1.82) is 0 Å². The van der Waals surface area contributed by atoms with Crippen molar-refractivity contribution in [2.45, 2.75) is 32.6 Å². The van der Waals surface area contributed by atoms with E-state index in [2.05, 4.69) is 17.3 Å². The molecule has 1 aromatic rings. The molecule has 0 fully saturated rings. The van der Waals surface area contributed by atoms with E-state index in [1.807, 2.05) is 0 Å². The Kier molecular flexibility index (Phi) is 4.25. The molecule has 68 valence electrons. The van der Waals surface area contributed by atoms with Crippen LogP contribution < -0.4 is 0 Å². The molecule has 1 rings (SSSR count). The predicted molar refractivity (Wildman–Crippen MR) is 51.5 cm³/mol. The third kappa shape index (κ3) is 2.91. The summed E-state index contributed by atoms with van der Waals surface area (Å²) in [6.07, 6.45) is 3.99. The third-order valence-electron chi connectivity index (χ3n) is 1.65. The van der Waals surface area contributed by atoms with E-state index in [0.717, 1.165) is 31.4 Å². The minimum Gasteiger partial charge on any atom is -0.396 e. The van der Waals surface area contributed by atoms with Crippen molar-refractivity contribution in [3.8, 4) is 0 Å². The van der Waals surface area contributed by atoms with Gasteiger partial charge in [0, 0.05) is 12.0 Å². The fourth-order valence-corrected chi connectivity index (χ4v) is 1.99. The standard InChI is InChI=1S/C9H15NOS/c1-2-4-9-10-8(7-12-9)5-3-6-11/h7,11H,2-6H2,1H3. The van der Waals surface area contributed by atoms with Crippen molar-refractivity contribution >= 4 is 11.3 Å². The maximum absolute atomic E-state index is 8.61. The van der Waals surface area contributed by atoms with Crippen LogP contribution >= 0.6 is 11.3 Å². The Hall–Kier alpha value is -0.410. The second kappa shape index (κ2) is 5.27. The van der Waals surface area contributed by atoms with E-state index >= 15 is 0 Å². The van der Waals surface area contributed by atoms with Crippen LogP contribution in [0.25, 0.3) is 0 Å². The van der Waals surface area contributed by atoms with Gasteiger partial charge in [-0.1, -0.05) is 6.92 Å². The molecule has 0 saturated heterocycles. The molecule has 1 N–H and O–H groups in total. The Morgan fingerprint density at radius 3 is 3.00 bits per heavy atom. The van der Waals surface area contributed by atoms with E-state index in [-0.39, 0.29) is 6.61 Å². The summed E-state index contributed by atoms with van der Waals surface area (Å²) in [5.41, 5.74) is 1.14. The summed E-state index contributed by atoms with van der Waals surface area (Å²) in [6, 6.07) is 0. The molecule has 0 aliphatic heterocycles. The fourth-order valence-electron chi connectivity index (χ4n) is 1.05. The monoisotopic (exact) mass is 185 g/mol. The molecule has 3 heteroatoms. The van der Waals surface area contributed by atoms with Crippen LogP contribution in [-0.2, 0) is 12.8 Å². The van der Waals surface area contributed by atoms with E-state index in [9.17, 15) is 0 Å². The van der Waals surface area contributed by atoms with Gasteiger partial charge in [0.2, 0.25) is 0 Å². The lowest BCUT2D eigenvalue weighted by Crippen LogP contribution is -1.90. The maximum Gasteiger partial charge on any atom is 0.0928 e. The Balaban J connectivity index is 2.41. The summed E-state index contributed by atoms with van der Waals surface area (Å²) < 4.78 is 0. The third-order valence-corrected chi connectivity index (χ3v) is 2.61. The second-order valence-corrected chi connectivity index (χ2v) is 3.75. The molecule has 0 amide bonds. The second-order valence-electron chi connectivity index (χ2n) is 2.81. The molecule has 0 bridgehead atoms. The molecule has 0 aliphatic rings. The van der Waals surface area contributed by atoms with Gasteiger partial charge in [0.05, 0.1) is 10.7 Å². The lowest BCUT2D eigenvalue weighted by Gasteiger charge is -1.91. The van der Waals surface area contributed by atoms with Crippen molar-refractivity contribution in [2.75, 3.05) is 6.61 Å². The number of aryl methyl sites for hydroxylation is 2. The van der Waals surface area contributed by atoms with Crippen LogP contribution in [0.2, 0.25) is 0 Å². The normalized spacial score (nSPS) is 10.5. The summed E-state index contributed by atoms with van der Waals surface area (Å²) in [5, 5.41) is 11.9. The van der Waals surface area contributed by atoms with Crippen molar-refractivity contribution in [2.24, 2.45) is 0 Å². The number of hydrogen-bond acceptors (Lipinski definition) is 3. The van der Waals surface area contributed by atoms with Gasteiger partial charge in [-0.3, -0.25) is 0 Å². The van der Waals surface area contributed by atoms with Crippen LogP contribution in [0.15, 0.2) is 5.38 Å². The highest BCUT2D eigenvalue weighted by molar-refractivity contribution is 7.09. The van der Waals surface area contributed by atoms with Crippen molar-refractivity contribution < 1.29 is 5.11 Å². The molecule has 12 heavy (non-hydrogen) atoms. The SMILES string of the molecule is CCCc1nc(CCCO)cs1. The minimum atomic E-state index is 0.265. The zero-order valence-electron chi connectivity index (χ0n) is 7.42. The molecular weight excluding hydrogens is 170 g/mol. The lowest BCUT2D eigenvalue weighted by molar-refractivity contribution is 0.288. The molecule has 1 aromatic heterocycles. The summed E-state index contributed by atoms with van der Waals surface area (Å²) in [4.78, 5) is 4.44. The molecule has 0 aliphatic carbocycles. The molecule has 0 unspecified atom stereocenters. The van der Waals surface area contributed by atoms with Gasteiger partial charge >= 0.3 is 0 Å². The Labute approximate surface area is 77.3 Å². The van der Waals surface area contributed by atoms with E-state index in [1.54, 1.807) is 11.3 Å². The van der Waals surface area contributed by atoms with Crippen LogP contribution in [0.4, 0.5) is 0 Å². The number of hydrogen-bond donors (Lipinski definition) is 1. The first-order valence-electron chi connectivity index (χ1n) is 4.41. The number of aliphatic hydroxyl groups excluding tert-OH is 1. The van der Waals surface area contributed by atoms with Gasteiger partial charge in [-0.05, 0) is 25.7 Å². The Morgan fingerprint density at radius 2 is 2.33 bits per heavy atom. The fraction of sp³-hybridized carbons (Fsp3) is 0.667. The first kappa shape index (κ1) is 9.68. The van der Waals surface area contributed by atoms with Gasteiger partial charge in [0.15, 0.2) is 0 Å². The molecule has 0 spiro atoms. The summed E-state index contributed by atoms with van der Waals surface area (Å²) in [5.74, 6) is 0. The Bertz CT molecular complexity index is 222. The van der Waals surface area contributed by atoms with Gasteiger partial charge in [0.25, 0.3) is 0 Å². The number of rotatable bonds is 5. The summed E-state index contributed by atoms with van der Waals surface area (Å²) in [7, 11) is 0.